The summed E-state index contributed by atoms with van der Waals surface area (Å²) < 4.78 is 13.3. The summed E-state index contributed by atoms with van der Waals surface area (Å²) in [4.78, 5) is 6.42. The Labute approximate surface area is 185 Å². The van der Waals surface area contributed by atoms with Crippen molar-refractivity contribution >= 4 is 29.2 Å². The summed E-state index contributed by atoms with van der Waals surface area (Å²) in [6, 6.07) is 19.1. The molecule has 1 heterocycles. The summed E-state index contributed by atoms with van der Waals surface area (Å²) in [6.07, 6.45) is 8.63. The molecule has 5 heteroatoms. The standard InChI is InChI=1S/C22H27BClF.C3H4N2/c1-17(25)21(24)15-10-16-23(18-11-6-5-7-12-18)20-14-9-8-13-19(20)22(2,3)4;1-2-5-3-4-1/h5-15,17,21H,16H2,1-4H3;1-3H,(H,4,5). The molecule has 0 aliphatic heterocycles. The lowest BCUT2D eigenvalue weighted by atomic mass is 9.37. The Morgan fingerprint density at radius 2 is 1.77 bits per heavy atom. The van der Waals surface area contributed by atoms with Gasteiger partial charge in [0, 0.05) is 12.4 Å². The summed E-state index contributed by atoms with van der Waals surface area (Å²) in [5.74, 6) is 0. The fourth-order valence-electron chi connectivity index (χ4n) is 3.32. The van der Waals surface area contributed by atoms with Gasteiger partial charge in [0.15, 0.2) is 0 Å². The second-order valence-corrected chi connectivity index (χ2v) is 8.85. The Morgan fingerprint density at radius 3 is 2.30 bits per heavy atom. The molecule has 0 saturated heterocycles. The van der Waals surface area contributed by atoms with Crippen molar-refractivity contribution in [2.24, 2.45) is 0 Å². The molecule has 2 unspecified atom stereocenters. The van der Waals surface area contributed by atoms with E-state index in [4.69, 9.17) is 11.6 Å². The number of hydrogen-bond donors (Lipinski definition) is 1. The molecule has 0 bridgehead atoms. The van der Waals surface area contributed by atoms with Gasteiger partial charge < -0.3 is 4.98 Å². The van der Waals surface area contributed by atoms with Crippen LogP contribution in [0.4, 0.5) is 4.39 Å². The number of aromatic amines is 1. The van der Waals surface area contributed by atoms with E-state index in [0.29, 0.717) is 0 Å². The van der Waals surface area contributed by atoms with Crippen LogP contribution in [0.5, 0.6) is 0 Å². The molecule has 2 atom stereocenters. The molecule has 1 aromatic heterocycles. The van der Waals surface area contributed by atoms with E-state index in [0.717, 1.165) is 6.32 Å². The van der Waals surface area contributed by atoms with Crippen molar-refractivity contribution in [1.29, 1.82) is 0 Å². The van der Waals surface area contributed by atoms with Crippen molar-refractivity contribution in [3.8, 4) is 0 Å². The number of hydrogen-bond acceptors (Lipinski definition) is 1. The molecule has 0 radical (unpaired) electrons. The van der Waals surface area contributed by atoms with E-state index in [2.05, 4.69) is 79.3 Å². The number of nitrogens with one attached hydrogen (secondary N) is 1. The Balaban J connectivity index is 0.000000558. The second-order valence-electron chi connectivity index (χ2n) is 8.35. The summed E-state index contributed by atoms with van der Waals surface area (Å²) in [5, 5.41) is -0.575. The zero-order chi connectivity index (χ0) is 22.0. The monoisotopic (exact) mass is 424 g/mol. The second kappa shape index (κ2) is 11.8. The highest BCUT2D eigenvalue weighted by atomic mass is 35.5. The first-order valence-electron chi connectivity index (χ1n) is 10.3. The van der Waals surface area contributed by atoms with Gasteiger partial charge in [-0.1, -0.05) is 98.4 Å². The lowest BCUT2D eigenvalue weighted by Crippen LogP contribution is -2.45. The van der Waals surface area contributed by atoms with E-state index in [9.17, 15) is 4.39 Å². The van der Waals surface area contributed by atoms with Crippen LogP contribution in [0.2, 0.25) is 6.32 Å². The molecule has 3 rings (SSSR count). The highest BCUT2D eigenvalue weighted by Gasteiger charge is 2.25. The van der Waals surface area contributed by atoms with Gasteiger partial charge in [0.2, 0.25) is 6.71 Å². The van der Waals surface area contributed by atoms with Gasteiger partial charge in [0.1, 0.15) is 6.17 Å². The molecule has 0 amide bonds. The van der Waals surface area contributed by atoms with Crippen LogP contribution in [-0.4, -0.2) is 28.2 Å². The first-order chi connectivity index (χ1) is 14.3. The van der Waals surface area contributed by atoms with E-state index in [1.54, 1.807) is 24.8 Å². The molecule has 2 nitrogen and oxygen atoms in total. The van der Waals surface area contributed by atoms with E-state index in [1.807, 2.05) is 12.1 Å². The largest absolute Gasteiger partial charge is 0.351 e. The fourth-order valence-corrected chi connectivity index (χ4v) is 3.43. The van der Waals surface area contributed by atoms with E-state index in [1.165, 1.54) is 23.4 Å². The SMILES string of the molecule is CC(F)C(Cl)C=CCB(c1ccccc1)c1ccccc1C(C)(C)C.c1c[nH]cn1. The van der Waals surface area contributed by atoms with Crippen LogP contribution in [0.15, 0.2) is 85.5 Å². The van der Waals surface area contributed by atoms with Crippen molar-refractivity contribution in [3.63, 3.8) is 0 Å². The molecule has 0 aliphatic carbocycles. The third kappa shape index (κ3) is 7.49. The molecular formula is C25H31BClFN2. The number of H-pyrrole nitrogens is 1. The van der Waals surface area contributed by atoms with Gasteiger partial charge in [0.25, 0.3) is 0 Å². The van der Waals surface area contributed by atoms with Gasteiger partial charge in [-0.3, -0.25) is 0 Å². The van der Waals surface area contributed by atoms with Crippen LogP contribution in [-0.2, 0) is 5.41 Å². The molecular weight excluding hydrogens is 394 g/mol. The smallest absolute Gasteiger partial charge is 0.213 e. The molecule has 2 aromatic carbocycles. The molecule has 0 fully saturated rings. The van der Waals surface area contributed by atoms with Gasteiger partial charge in [-0.15, -0.1) is 11.6 Å². The lowest BCUT2D eigenvalue weighted by Gasteiger charge is -2.26. The van der Waals surface area contributed by atoms with Crippen LogP contribution in [0.3, 0.4) is 0 Å². The molecule has 1 N–H and O–H groups in total. The first kappa shape index (κ1) is 23.9. The minimum atomic E-state index is -1.05. The number of rotatable bonds is 6. The van der Waals surface area contributed by atoms with Gasteiger partial charge in [-0.25, -0.2) is 9.37 Å². The molecule has 0 aliphatic rings. The number of allylic oxidation sites excluding steroid dienone is 2. The van der Waals surface area contributed by atoms with Crippen molar-refractivity contribution in [1.82, 2.24) is 9.97 Å². The predicted molar refractivity (Wildman–Crippen MR) is 129 cm³/mol. The average Bonchev–Trinajstić information content (AvgIpc) is 3.31. The maximum atomic E-state index is 13.3. The predicted octanol–water partition coefficient (Wildman–Crippen LogP) is 5.52. The summed E-state index contributed by atoms with van der Waals surface area (Å²) in [7, 11) is 0. The van der Waals surface area contributed by atoms with E-state index >= 15 is 0 Å². The number of aromatic nitrogens is 2. The van der Waals surface area contributed by atoms with Crippen LogP contribution in [0, 0.1) is 0 Å². The van der Waals surface area contributed by atoms with E-state index in [-0.39, 0.29) is 12.1 Å². The van der Waals surface area contributed by atoms with Crippen molar-refractivity contribution in [2.45, 2.75) is 51.0 Å². The molecule has 158 valence electrons. The van der Waals surface area contributed by atoms with E-state index < -0.39 is 11.5 Å². The molecule has 0 spiro atoms. The quantitative estimate of drug-likeness (QED) is 0.315. The number of nitrogens with zero attached hydrogens (tertiary/aromatic N) is 1. The highest BCUT2D eigenvalue weighted by Crippen LogP contribution is 2.21. The van der Waals surface area contributed by atoms with Crippen LogP contribution in [0.25, 0.3) is 0 Å². The highest BCUT2D eigenvalue weighted by molar-refractivity contribution is 6.85. The third-order valence-electron chi connectivity index (χ3n) is 4.88. The summed E-state index contributed by atoms with van der Waals surface area (Å²) >= 11 is 6.03. The molecule has 30 heavy (non-hydrogen) atoms. The first-order valence-corrected chi connectivity index (χ1v) is 10.8. The maximum Gasteiger partial charge on any atom is 0.213 e. The minimum Gasteiger partial charge on any atom is -0.351 e. The van der Waals surface area contributed by atoms with Gasteiger partial charge in [-0.05, 0) is 24.2 Å². The molecule has 0 saturated carbocycles. The van der Waals surface area contributed by atoms with Gasteiger partial charge in [0.05, 0.1) is 11.7 Å². The third-order valence-corrected chi connectivity index (χ3v) is 5.38. The topological polar surface area (TPSA) is 28.7 Å². The Morgan fingerprint density at radius 1 is 1.10 bits per heavy atom. The fraction of sp³-hybridized carbons (Fsp3) is 0.320. The molecule has 3 aromatic rings. The van der Waals surface area contributed by atoms with Gasteiger partial charge in [-0.2, -0.15) is 0 Å². The normalized spacial score (nSPS) is 13.4. The maximum absolute atomic E-state index is 13.3. The Kier molecular flexibility index (Phi) is 9.38. The van der Waals surface area contributed by atoms with Crippen LogP contribution >= 0.6 is 11.6 Å². The number of halogens is 2. The number of imidazole rings is 1. The van der Waals surface area contributed by atoms with Crippen molar-refractivity contribution in [3.05, 3.63) is 91.0 Å². The summed E-state index contributed by atoms with van der Waals surface area (Å²) in [5.41, 5.74) is 4.00. The average molecular weight is 425 g/mol. The Bertz CT molecular complexity index is 856. The van der Waals surface area contributed by atoms with Crippen molar-refractivity contribution in [2.75, 3.05) is 0 Å². The zero-order valence-electron chi connectivity index (χ0n) is 18.2. The summed E-state index contributed by atoms with van der Waals surface area (Å²) in [6.45, 7) is 8.44. The van der Waals surface area contributed by atoms with Crippen LogP contribution in [0.1, 0.15) is 33.3 Å². The number of alkyl halides is 2. The van der Waals surface area contributed by atoms with Crippen LogP contribution < -0.4 is 10.9 Å². The Hall–Kier alpha value is -2.33. The minimum absolute atomic E-state index is 0.0653. The van der Waals surface area contributed by atoms with Gasteiger partial charge >= 0.3 is 0 Å². The number of benzene rings is 2. The lowest BCUT2D eigenvalue weighted by molar-refractivity contribution is 0.369. The van der Waals surface area contributed by atoms with Crippen molar-refractivity contribution < 1.29 is 4.39 Å². The zero-order valence-corrected chi connectivity index (χ0v) is 19.0.